The van der Waals surface area contributed by atoms with Crippen LogP contribution in [0.3, 0.4) is 0 Å². The third-order valence-corrected chi connectivity index (χ3v) is 3.80. The third kappa shape index (κ3) is 5.12. The molecular weight excluding hydrogens is 281 g/mol. The number of piperidine rings is 1. The Morgan fingerprint density at radius 2 is 1.95 bits per heavy atom. The maximum absolute atomic E-state index is 12.5. The van der Waals surface area contributed by atoms with Gasteiger partial charge in [-0.25, -0.2) is 0 Å². The first kappa shape index (κ1) is 15.9. The molecule has 1 fully saturated rings. The summed E-state index contributed by atoms with van der Waals surface area (Å²) in [5, 5.41) is 0. The minimum atomic E-state index is -4.04. The smallest absolute Gasteiger partial charge is 0.391 e. The van der Waals surface area contributed by atoms with Crippen LogP contribution in [0.5, 0.6) is 5.75 Å². The lowest BCUT2D eigenvalue weighted by Crippen LogP contribution is -2.39. The molecule has 2 N–H and O–H groups in total. The summed E-state index contributed by atoms with van der Waals surface area (Å²) in [5.41, 5.74) is 6.30. The summed E-state index contributed by atoms with van der Waals surface area (Å²) in [5.74, 6) is -0.400. The van der Waals surface area contributed by atoms with E-state index >= 15 is 0 Å². The first-order valence-electron chi connectivity index (χ1n) is 7.22. The van der Waals surface area contributed by atoms with Crippen LogP contribution in [0.25, 0.3) is 0 Å². The molecular formula is C15H21F3N2O. The van der Waals surface area contributed by atoms with E-state index in [0.717, 1.165) is 18.7 Å². The van der Waals surface area contributed by atoms with Gasteiger partial charge >= 0.3 is 6.18 Å². The minimum Gasteiger partial charge on any atom is -0.493 e. The van der Waals surface area contributed by atoms with Gasteiger partial charge in [-0.2, -0.15) is 13.2 Å². The molecule has 3 nitrogen and oxygen atoms in total. The van der Waals surface area contributed by atoms with Crippen LogP contribution in [0.1, 0.15) is 19.3 Å². The molecule has 1 aromatic rings. The third-order valence-electron chi connectivity index (χ3n) is 3.80. The molecule has 2 rings (SSSR count). The Bertz CT molecular complexity index is 443. The quantitative estimate of drug-likeness (QED) is 0.670. The molecule has 1 aliphatic rings. The number of nitrogens with zero attached hydrogens (tertiary/aromatic N) is 1. The first-order valence-corrected chi connectivity index (χ1v) is 7.22. The van der Waals surface area contributed by atoms with E-state index in [1.165, 1.54) is 0 Å². The van der Waals surface area contributed by atoms with Gasteiger partial charge in [-0.05, 0) is 44.5 Å². The van der Waals surface area contributed by atoms with Gasteiger partial charge in [0.05, 0.1) is 12.5 Å². The summed E-state index contributed by atoms with van der Waals surface area (Å²) >= 11 is 0. The van der Waals surface area contributed by atoms with Crippen molar-refractivity contribution in [1.82, 2.24) is 4.90 Å². The molecule has 1 saturated heterocycles. The van der Waals surface area contributed by atoms with Crippen LogP contribution in [-0.4, -0.2) is 37.3 Å². The highest BCUT2D eigenvalue weighted by Gasteiger charge is 2.40. The number of rotatable bonds is 5. The number of nitrogen functional groups attached to an aromatic ring is 1. The molecule has 0 bridgehead atoms. The second kappa shape index (κ2) is 7.02. The van der Waals surface area contributed by atoms with E-state index in [0.29, 0.717) is 25.4 Å². The molecule has 0 saturated carbocycles. The van der Waals surface area contributed by atoms with Crippen LogP contribution in [0.2, 0.25) is 0 Å². The number of anilines is 1. The zero-order valence-electron chi connectivity index (χ0n) is 11.9. The predicted molar refractivity (Wildman–Crippen MR) is 76.2 cm³/mol. The van der Waals surface area contributed by atoms with Gasteiger partial charge in [0.15, 0.2) is 0 Å². The van der Waals surface area contributed by atoms with E-state index in [2.05, 4.69) is 4.90 Å². The van der Waals surface area contributed by atoms with E-state index in [-0.39, 0.29) is 12.8 Å². The molecule has 0 amide bonds. The first-order chi connectivity index (χ1) is 9.95. The molecule has 6 heteroatoms. The Hall–Kier alpha value is -1.43. The number of halogens is 3. The van der Waals surface area contributed by atoms with E-state index in [9.17, 15) is 13.2 Å². The molecule has 1 aliphatic heterocycles. The van der Waals surface area contributed by atoms with Gasteiger partial charge in [-0.1, -0.05) is 6.07 Å². The molecule has 0 radical (unpaired) electrons. The normalized spacial score (nSPS) is 17.9. The number of ether oxygens (including phenoxy) is 1. The van der Waals surface area contributed by atoms with Crippen molar-refractivity contribution in [1.29, 1.82) is 0 Å². The van der Waals surface area contributed by atoms with Gasteiger partial charge in [-0.15, -0.1) is 0 Å². The van der Waals surface area contributed by atoms with Crippen molar-refractivity contribution >= 4 is 5.69 Å². The fourth-order valence-electron chi connectivity index (χ4n) is 2.57. The lowest BCUT2D eigenvalue weighted by Gasteiger charge is -2.32. The van der Waals surface area contributed by atoms with Crippen LogP contribution in [0.4, 0.5) is 18.9 Å². The highest BCUT2D eigenvalue weighted by atomic mass is 19.4. The number of hydrogen-bond acceptors (Lipinski definition) is 3. The summed E-state index contributed by atoms with van der Waals surface area (Å²) in [4.78, 5) is 2.07. The SMILES string of the molecule is Nc1cccc(OCCCN2CCC(C(F)(F)F)CC2)c1. The lowest BCUT2D eigenvalue weighted by molar-refractivity contribution is -0.185. The number of alkyl halides is 3. The van der Waals surface area contributed by atoms with Crippen LogP contribution in [-0.2, 0) is 0 Å². The average molecular weight is 302 g/mol. The highest BCUT2D eigenvalue weighted by molar-refractivity contribution is 5.43. The van der Waals surface area contributed by atoms with Crippen molar-refractivity contribution in [3.8, 4) is 5.75 Å². The van der Waals surface area contributed by atoms with E-state index in [4.69, 9.17) is 10.5 Å². The van der Waals surface area contributed by atoms with Gasteiger partial charge in [0, 0.05) is 18.3 Å². The zero-order chi connectivity index (χ0) is 15.3. The standard InChI is InChI=1S/C15H21F3N2O/c16-15(17,18)12-5-8-20(9-6-12)7-2-10-21-14-4-1-3-13(19)11-14/h1,3-4,11-12H,2,5-10,19H2. The Labute approximate surface area is 122 Å². The molecule has 1 aromatic carbocycles. The maximum atomic E-state index is 12.5. The van der Waals surface area contributed by atoms with Crippen molar-refractivity contribution in [2.24, 2.45) is 5.92 Å². The second-order valence-electron chi connectivity index (χ2n) is 5.43. The fourth-order valence-corrected chi connectivity index (χ4v) is 2.57. The molecule has 0 spiro atoms. The molecule has 118 valence electrons. The van der Waals surface area contributed by atoms with Gasteiger partial charge in [0.1, 0.15) is 5.75 Å². The maximum Gasteiger partial charge on any atom is 0.391 e. The van der Waals surface area contributed by atoms with Crippen molar-refractivity contribution < 1.29 is 17.9 Å². The van der Waals surface area contributed by atoms with Crippen LogP contribution in [0.15, 0.2) is 24.3 Å². The number of likely N-dealkylation sites (tertiary alicyclic amines) is 1. The second-order valence-corrected chi connectivity index (χ2v) is 5.43. The van der Waals surface area contributed by atoms with Crippen LogP contribution in [0, 0.1) is 5.92 Å². The van der Waals surface area contributed by atoms with E-state index in [1.54, 1.807) is 12.1 Å². The molecule has 0 atom stereocenters. The molecule has 0 unspecified atom stereocenters. The topological polar surface area (TPSA) is 38.5 Å². The molecule has 21 heavy (non-hydrogen) atoms. The van der Waals surface area contributed by atoms with Gasteiger partial charge in [0.2, 0.25) is 0 Å². The van der Waals surface area contributed by atoms with Gasteiger partial charge in [-0.3, -0.25) is 0 Å². The largest absolute Gasteiger partial charge is 0.493 e. The van der Waals surface area contributed by atoms with Crippen molar-refractivity contribution in [2.45, 2.75) is 25.4 Å². The Balaban J connectivity index is 1.62. The van der Waals surface area contributed by atoms with Gasteiger partial charge in [0.25, 0.3) is 0 Å². The number of nitrogens with two attached hydrogens (primary N) is 1. The average Bonchev–Trinajstić information content (AvgIpc) is 2.43. The van der Waals surface area contributed by atoms with Crippen LogP contribution < -0.4 is 10.5 Å². The molecule has 0 aliphatic carbocycles. The predicted octanol–water partition coefficient (Wildman–Crippen LogP) is 3.31. The highest BCUT2D eigenvalue weighted by Crippen LogP contribution is 2.34. The fraction of sp³-hybridized carbons (Fsp3) is 0.600. The summed E-state index contributed by atoms with van der Waals surface area (Å²) in [7, 11) is 0. The van der Waals surface area contributed by atoms with E-state index < -0.39 is 12.1 Å². The Kier molecular flexibility index (Phi) is 5.33. The summed E-state index contributed by atoms with van der Waals surface area (Å²) < 4.78 is 43.2. The Morgan fingerprint density at radius 3 is 2.57 bits per heavy atom. The van der Waals surface area contributed by atoms with Crippen molar-refractivity contribution in [3.05, 3.63) is 24.3 Å². The van der Waals surface area contributed by atoms with Gasteiger partial charge < -0.3 is 15.4 Å². The van der Waals surface area contributed by atoms with E-state index in [1.807, 2.05) is 12.1 Å². The monoisotopic (exact) mass is 302 g/mol. The lowest BCUT2D eigenvalue weighted by atomic mass is 9.96. The zero-order valence-corrected chi connectivity index (χ0v) is 11.9. The Morgan fingerprint density at radius 1 is 1.24 bits per heavy atom. The van der Waals surface area contributed by atoms with Crippen LogP contribution >= 0.6 is 0 Å². The minimum absolute atomic E-state index is 0.208. The van der Waals surface area contributed by atoms with Crippen molar-refractivity contribution in [3.63, 3.8) is 0 Å². The summed E-state index contributed by atoms with van der Waals surface area (Å²) in [6.45, 7) is 2.35. The number of benzene rings is 1. The number of hydrogen-bond donors (Lipinski definition) is 1. The summed E-state index contributed by atoms with van der Waals surface area (Å²) in [6, 6.07) is 7.21. The molecule has 1 heterocycles. The molecule has 0 aromatic heterocycles. The summed E-state index contributed by atoms with van der Waals surface area (Å²) in [6.07, 6.45) is -2.83. The van der Waals surface area contributed by atoms with Crippen molar-refractivity contribution in [2.75, 3.05) is 32.0 Å².